The average Bonchev–Trinajstić information content (AvgIpc) is 2.95. The van der Waals surface area contributed by atoms with Gasteiger partial charge in [-0.3, -0.25) is 9.59 Å². The van der Waals surface area contributed by atoms with Gasteiger partial charge in [0.05, 0.1) is 0 Å². The van der Waals surface area contributed by atoms with Gasteiger partial charge in [-0.15, -0.1) is 6.42 Å². The number of hydrogen-bond donors (Lipinski definition) is 0. The number of benzene rings is 2. The fourth-order valence-electron chi connectivity index (χ4n) is 4.07. The molecule has 0 aliphatic heterocycles. The van der Waals surface area contributed by atoms with E-state index in [0.29, 0.717) is 0 Å². The Balaban J connectivity index is 0.000000269. The molecule has 1 fully saturated rings. The van der Waals surface area contributed by atoms with Gasteiger partial charge in [0.2, 0.25) is 0 Å². The van der Waals surface area contributed by atoms with Crippen LogP contribution in [-0.2, 0) is 18.8 Å². The van der Waals surface area contributed by atoms with Crippen molar-refractivity contribution in [2.75, 3.05) is 0 Å². The molecule has 2 aromatic rings. The first-order valence-corrected chi connectivity index (χ1v) is 11.5. The summed E-state index contributed by atoms with van der Waals surface area (Å²) >= 11 is 2.32. The standard InChI is InChI=1S/C17H20O3.C9H7I/c1-9-5-10(2)15(11(3)6-9)16-14(19)8-13(17(16)20)7-12(4)18;1-2-8-4-3-5-9(6-8)7-10/h5-6,13,16H,7-8H2,1-4H3;1,3-6H,7H2. The van der Waals surface area contributed by atoms with E-state index in [1.165, 1.54) is 12.5 Å². The van der Waals surface area contributed by atoms with Crippen molar-refractivity contribution in [3.8, 4) is 12.3 Å². The van der Waals surface area contributed by atoms with E-state index in [9.17, 15) is 14.4 Å². The number of halogens is 1. The molecule has 0 amide bonds. The first kappa shape index (κ1) is 24.0. The van der Waals surface area contributed by atoms with Gasteiger partial charge in [0.25, 0.3) is 0 Å². The highest BCUT2D eigenvalue weighted by molar-refractivity contribution is 14.1. The van der Waals surface area contributed by atoms with Crippen LogP contribution in [0.1, 0.15) is 59.1 Å². The molecule has 0 radical (unpaired) electrons. The number of rotatable bonds is 4. The lowest BCUT2D eigenvalue weighted by Crippen LogP contribution is -2.18. The molecule has 0 aromatic heterocycles. The Morgan fingerprint density at radius 1 is 1.13 bits per heavy atom. The molecular weight excluding hydrogens is 487 g/mol. The van der Waals surface area contributed by atoms with E-state index in [-0.39, 0.29) is 30.2 Å². The molecule has 1 saturated carbocycles. The average molecular weight is 514 g/mol. The molecule has 2 atom stereocenters. The van der Waals surface area contributed by atoms with E-state index in [1.807, 2.05) is 51.1 Å². The van der Waals surface area contributed by atoms with E-state index < -0.39 is 11.8 Å². The van der Waals surface area contributed by atoms with Gasteiger partial charge in [0, 0.05) is 28.8 Å². The van der Waals surface area contributed by atoms with Crippen molar-refractivity contribution in [1.29, 1.82) is 0 Å². The maximum absolute atomic E-state index is 12.5. The Bertz CT molecular complexity index is 990. The van der Waals surface area contributed by atoms with E-state index in [0.717, 1.165) is 32.2 Å². The minimum atomic E-state index is -0.667. The van der Waals surface area contributed by atoms with Gasteiger partial charge < -0.3 is 4.79 Å². The fraction of sp³-hybridized carbons (Fsp3) is 0.346. The Labute approximate surface area is 192 Å². The predicted molar refractivity (Wildman–Crippen MR) is 129 cm³/mol. The highest BCUT2D eigenvalue weighted by Crippen LogP contribution is 2.37. The minimum absolute atomic E-state index is 0.0332. The Morgan fingerprint density at radius 2 is 1.77 bits per heavy atom. The normalized spacial score (nSPS) is 17.9. The molecule has 2 unspecified atom stereocenters. The van der Waals surface area contributed by atoms with E-state index in [4.69, 9.17) is 6.42 Å². The van der Waals surface area contributed by atoms with Crippen LogP contribution in [-0.4, -0.2) is 17.3 Å². The van der Waals surface area contributed by atoms with Crippen LogP contribution in [0.2, 0.25) is 0 Å². The van der Waals surface area contributed by atoms with E-state index >= 15 is 0 Å². The van der Waals surface area contributed by atoms with Gasteiger partial charge >= 0.3 is 0 Å². The summed E-state index contributed by atoms with van der Waals surface area (Å²) in [5.74, 6) is 1.34. The van der Waals surface area contributed by atoms with Gasteiger partial charge in [0.1, 0.15) is 17.5 Å². The number of alkyl halides is 1. The number of carbonyl (C=O) groups is 3. The zero-order chi connectivity index (χ0) is 22.4. The van der Waals surface area contributed by atoms with Crippen LogP contribution >= 0.6 is 22.6 Å². The highest BCUT2D eigenvalue weighted by atomic mass is 127. The zero-order valence-corrected chi connectivity index (χ0v) is 20.1. The lowest BCUT2D eigenvalue weighted by Gasteiger charge is -2.16. The molecule has 0 N–H and O–H groups in total. The highest BCUT2D eigenvalue weighted by Gasteiger charge is 2.43. The number of terminal acetylenes is 1. The van der Waals surface area contributed by atoms with Crippen LogP contribution in [0.15, 0.2) is 36.4 Å². The summed E-state index contributed by atoms with van der Waals surface area (Å²) in [6.07, 6.45) is 5.61. The summed E-state index contributed by atoms with van der Waals surface area (Å²) in [6, 6.07) is 12.0. The second kappa shape index (κ2) is 10.7. The largest absolute Gasteiger partial charge is 0.300 e. The Hall–Kier alpha value is -2.26. The molecule has 2 aromatic carbocycles. The zero-order valence-electron chi connectivity index (χ0n) is 17.9. The Kier molecular flexibility index (Phi) is 8.54. The second-order valence-electron chi connectivity index (χ2n) is 7.90. The third kappa shape index (κ3) is 5.89. The minimum Gasteiger partial charge on any atom is -0.300 e. The number of aryl methyl sites for hydroxylation is 3. The SMILES string of the molecule is C#Cc1cccc(CI)c1.CC(=O)CC1CC(=O)C(c2c(C)cc(C)cc2C)C1=O. The molecule has 3 rings (SSSR count). The van der Waals surface area contributed by atoms with Crippen LogP contribution in [0.25, 0.3) is 0 Å². The third-order valence-corrected chi connectivity index (χ3v) is 6.15. The van der Waals surface area contributed by atoms with Gasteiger partial charge in [-0.25, -0.2) is 0 Å². The molecule has 0 heterocycles. The maximum atomic E-state index is 12.5. The summed E-state index contributed by atoms with van der Waals surface area (Å²) in [6.45, 7) is 7.34. The van der Waals surface area contributed by atoms with Crippen molar-refractivity contribution in [3.05, 3.63) is 69.8 Å². The molecule has 1 aliphatic rings. The number of ketones is 3. The predicted octanol–water partition coefficient (Wildman–Crippen LogP) is 5.44. The Morgan fingerprint density at radius 3 is 2.30 bits per heavy atom. The van der Waals surface area contributed by atoms with E-state index in [1.54, 1.807) is 0 Å². The van der Waals surface area contributed by atoms with E-state index in [2.05, 4.69) is 34.6 Å². The van der Waals surface area contributed by atoms with Gasteiger partial charge in [-0.2, -0.15) is 0 Å². The summed E-state index contributed by atoms with van der Waals surface area (Å²) in [5, 5.41) is 0. The molecule has 1 aliphatic carbocycles. The van der Waals surface area contributed by atoms with Crippen LogP contribution in [0, 0.1) is 39.0 Å². The lowest BCUT2D eigenvalue weighted by molar-refractivity contribution is -0.127. The molecule has 30 heavy (non-hydrogen) atoms. The quantitative estimate of drug-likeness (QED) is 0.237. The van der Waals surface area contributed by atoms with Crippen molar-refractivity contribution >= 4 is 39.9 Å². The molecule has 3 nitrogen and oxygen atoms in total. The van der Waals surface area contributed by atoms with Crippen LogP contribution in [0.5, 0.6) is 0 Å². The van der Waals surface area contributed by atoms with Gasteiger partial charge in [-0.1, -0.05) is 58.3 Å². The van der Waals surface area contributed by atoms with Crippen molar-refractivity contribution in [2.24, 2.45) is 5.92 Å². The monoisotopic (exact) mass is 514 g/mol. The van der Waals surface area contributed by atoms with Crippen molar-refractivity contribution in [3.63, 3.8) is 0 Å². The van der Waals surface area contributed by atoms with Crippen molar-refractivity contribution in [2.45, 2.75) is 50.9 Å². The molecule has 156 valence electrons. The number of carbonyl (C=O) groups excluding carboxylic acids is 3. The maximum Gasteiger partial charge on any atom is 0.151 e. The van der Waals surface area contributed by atoms with Crippen LogP contribution < -0.4 is 0 Å². The van der Waals surface area contributed by atoms with Crippen molar-refractivity contribution < 1.29 is 14.4 Å². The number of Topliss-reactive ketones (excluding diaryl/α,β-unsaturated/α-hetero) is 3. The summed E-state index contributed by atoms with van der Waals surface area (Å²) in [7, 11) is 0. The first-order valence-electron chi connectivity index (χ1n) is 9.93. The van der Waals surface area contributed by atoms with Crippen LogP contribution in [0.3, 0.4) is 0 Å². The first-order chi connectivity index (χ1) is 14.2. The van der Waals surface area contributed by atoms with Crippen molar-refractivity contribution in [1.82, 2.24) is 0 Å². The molecule has 0 spiro atoms. The summed E-state index contributed by atoms with van der Waals surface area (Å²) in [4.78, 5) is 35.9. The third-order valence-electron chi connectivity index (χ3n) is 5.26. The van der Waals surface area contributed by atoms with Gasteiger partial charge in [0.15, 0.2) is 5.78 Å². The summed E-state index contributed by atoms with van der Waals surface area (Å²) < 4.78 is 1.02. The molecule has 4 heteroatoms. The topological polar surface area (TPSA) is 51.2 Å². The smallest absolute Gasteiger partial charge is 0.151 e. The summed E-state index contributed by atoms with van der Waals surface area (Å²) in [5.41, 5.74) is 6.19. The molecular formula is C26H27IO3. The number of hydrogen-bond acceptors (Lipinski definition) is 3. The molecule has 0 bridgehead atoms. The fourth-order valence-corrected chi connectivity index (χ4v) is 4.54. The van der Waals surface area contributed by atoms with Gasteiger partial charge in [-0.05, 0) is 62.1 Å². The van der Waals surface area contributed by atoms with Crippen LogP contribution in [0.4, 0.5) is 0 Å². The lowest BCUT2D eigenvalue weighted by atomic mass is 9.86. The molecule has 0 saturated heterocycles. The second-order valence-corrected chi connectivity index (χ2v) is 8.66.